The molecule has 1 amide bonds. The van der Waals surface area contributed by atoms with E-state index in [9.17, 15) is 4.79 Å². The predicted molar refractivity (Wildman–Crippen MR) is 86.0 cm³/mol. The number of nitrogens with zero attached hydrogens (tertiary/aromatic N) is 3. The number of likely N-dealkylation sites (tertiary alicyclic amines) is 1. The van der Waals surface area contributed by atoms with Gasteiger partial charge in [0.05, 0.1) is 0 Å². The minimum absolute atomic E-state index is 0.158. The summed E-state index contributed by atoms with van der Waals surface area (Å²) in [6.45, 7) is 3.31. The molecule has 2 aromatic rings. The van der Waals surface area contributed by atoms with Crippen LogP contribution < -0.4 is 5.32 Å². The van der Waals surface area contributed by atoms with Crippen LogP contribution in [0.2, 0.25) is 0 Å². The Morgan fingerprint density at radius 2 is 2.09 bits per heavy atom. The average molecular weight is 296 g/mol. The third kappa shape index (κ3) is 3.42. The van der Waals surface area contributed by atoms with Crippen molar-refractivity contribution in [3.8, 4) is 0 Å². The SMILES string of the molecule is CC(=O)N1CCC[C@H](c2ccnc(Nc3ccccn3)c2)C1. The number of aromatic nitrogens is 2. The summed E-state index contributed by atoms with van der Waals surface area (Å²) >= 11 is 0. The molecular formula is C17H20N4O. The maximum atomic E-state index is 11.6. The Labute approximate surface area is 130 Å². The van der Waals surface area contributed by atoms with Crippen molar-refractivity contribution in [2.75, 3.05) is 18.4 Å². The largest absolute Gasteiger partial charge is 0.342 e. The van der Waals surface area contributed by atoms with Crippen LogP contribution in [0.4, 0.5) is 11.6 Å². The van der Waals surface area contributed by atoms with Crippen molar-refractivity contribution >= 4 is 17.5 Å². The quantitative estimate of drug-likeness (QED) is 0.946. The Morgan fingerprint density at radius 1 is 1.23 bits per heavy atom. The van der Waals surface area contributed by atoms with Crippen molar-refractivity contribution in [2.24, 2.45) is 0 Å². The first-order chi connectivity index (χ1) is 10.7. The molecule has 0 aliphatic carbocycles. The van der Waals surface area contributed by atoms with E-state index in [1.807, 2.05) is 35.4 Å². The van der Waals surface area contributed by atoms with Gasteiger partial charge in [-0.1, -0.05) is 6.07 Å². The summed E-state index contributed by atoms with van der Waals surface area (Å²) in [7, 11) is 0. The Balaban J connectivity index is 1.75. The average Bonchev–Trinajstić information content (AvgIpc) is 2.56. The fraction of sp³-hybridized carbons (Fsp3) is 0.353. The molecule has 5 nitrogen and oxygen atoms in total. The molecule has 0 bridgehead atoms. The minimum atomic E-state index is 0.158. The lowest BCUT2D eigenvalue weighted by atomic mass is 9.91. The summed E-state index contributed by atoms with van der Waals surface area (Å²) in [6.07, 6.45) is 5.72. The first-order valence-electron chi connectivity index (χ1n) is 7.62. The number of anilines is 2. The van der Waals surface area contributed by atoms with Gasteiger partial charge in [0.2, 0.25) is 5.91 Å². The fourth-order valence-corrected chi connectivity index (χ4v) is 2.87. The topological polar surface area (TPSA) is 58.1 Å². The molecule has 1 fully saturated rings. The highest BCUT2D eigenvalue weighted by molar-refractivity contribution is 5.73. The smallest absolute Gasteiger partial charge is 0.219 e. The number of hydrogen-bond acceptors (Lipinski definition) is 4. The molecular weight excluding hydrogens is 276 g/mol. The van der Waals surface area contributed by atoms with Crippen LogP contribution in [0, 0.1) is 0 Å². The highest BCUT2D eigenvalue weighted by Gasteiger charge is 2.23. The van der Waals surface area contributed by atoms with E-state index in [0.29, 0.717) is 5.92 Å². The summed E-state index contributed by atoms with van der Waals surface area (Å²) in [5.41, 5.74) is 1.22. The van der Waals surface area contributed by atoms with Crippen molar-refractivity contribution in [3.05, 3.63) is 48.3 Å². The van der Waals surface area contributed by atoms with E-state index >= 15 is 0 Å². The molecule has 22 heavy (non-hydrogen) atoms. The van der Waals surface area contributed by atoms with Crippen molar-refractivity contribution < 1.29 is 4.79 Å². The van der Waals surface area contributed by atoms with Crippen LogP contribution in [-0.4, -0.2) is 33.9 Å². The maximum absolute atomic E-state index is 11.6. The van der Waals surface area contributed by atoms with E-state index in [4.69, 9.17) is 0 Å². The normalized spacial score (nSPS) is 18.0. The molecule has 1 aliphatic heterocycles. The van der Waals surface area contributed by atoms with Gasteiger partial charge in [0, 0.05) is 38.3 Å². The molecule has 3 heterocycles. The molecule has 1 atom stereocenters. The van der Waals surface area contributed by atoms with E-state index in [-0.39, 0.29) is 5.91 Å². The Bertz CT molecular complexity index is 644. The number of piperidine rings is 1. The standard InChI is InChI=1S/C17H20N4O/c1-13(22)21-10-4-5-15(12-21)14-7-9-19-17(11-14)20-16-6-2-3-8-18-16/h2-3,6-9,11,15H,4-5,10,12H2,1H3,(H,18,19,20)/t15-/m0/s1. The number of hydrogen-bond donors (Lipinski definition) is 1. The van der Waals surface area contributed by atoms with Gasteiger partial charge in [-0.25, -0.2) is 9.97 Å². The lowest BCUT2D eigenvalue weighted by Crippen LogP contribution is -2.37. The molecule has 2 aromatic heterocycles. The van der Waals surface area contributed by atoms with Gasteiger partial charge in [0.25, 0.3) is 0 Å². The lowest BCUT2D eigenvalue weighted by molar-refractivity contribution is -0.130. The van der Waals surface area contributed by atoms with Gasteiger partial charge in [0.1, 0.15) is 11.6 Å². The first-order valence-corrected chi connectivity index (χ1v) is 7.62. The number of carbonyl (C=O) groups excluding carboxylic acids is 1. The summed E-state index contributed by atoms with van der Waals surface area (Å²) in [5.74, 6) is 2.10. The monoisotopic (exact) mass is 296 g/mol. The van der Waals surface area contributed by atoms with Crippen LogP contribution in [0.25, 0.3) is 0 Å². The second-order valence-electron chi connectivity index (χ2n) is 5.62. The zero-order chi connectivity index (χ0) is 15.4. The molecule has 0 aromatic carbocycles. The van der Waals surface area contributed by atoms with E-state index in [1.165, 1.54) is 5.56 Å². The number of amides is 1. The number of carbonyl (C=O) groups is 1. The van der Waals surface area contributed by atoms with Crippen molar-refractivity contribution in [1.82, 2.24) is 14.9 Å². The van der Waals surface area contributed by atoms with E-state index in [1.54, 1.807) is 13.1 Å². The lowest BCUT2D eigenvalue weighted by Gasteiger charge is -2.32. The Hall–Kier alpha value is -2.43. The molecule has 1 N–H and O–H groups in total. The van der Waals surface area contributed by atoms with Crippen molar-refractivity contribution in [2.45, 2.75) is 25.7 Å². The molecule has 5 heteroatoms. The second kappa shape index (κ2) is 6.56. The summed E-state index contributed by atoms with van der Waals surface area (Å²) in [5, 5.41) is 3.21. The molecule has 0 saturated carbocycles. The predicted octanol–water partition coefficient (Wildman–Crippen LogP) is 2.95. The molecule has 0 spiro atoms. The van der Waals surface area contributed by atoms with Crippen LogP contribution in [0.1, 0.15) is 31.2 Å². The van der Waals surface area contributed by atoms with Gasteiger partial charge >= 0.3 is 0 Å². The highest BCUT2D eigenvalue weighted by Crippen LogP contribution is 2.28. The van der Waals surface area contributed by atoms with Crippen LogP contribution in [0.5, 0.6) is 0 Å². The van der Waals surface area contributed by atoms with E-state index < -0.39 is 0 Å². The Morgan fingerprint density at radius 3 is 2.86 bits per heavy atom. The van der Waals surface area contributed by atoms with Gasteiger partial charge in [-0.15, -0.1) is 0 Å². The molecule has 1 saturated heterocycles. The van der Waals surface area contributed by atoms with Gasteiger partial charge < -0.3 is 10.2 Å². The zero-order valence-electron chi connectivity index (χ0n) is 12.7. The third-order valence-electron chi connectivity index (χ3n) is 4.04. The third-order valence-corrected chi connectivity index (χ3v) is 4.04. The highest BCUT2D eigenvalue weighted by atomic mass is 16.2. The Kier molecular flexibility index (Phi) is 4.32. The molecule has 114 valence electrons. The van der Waals surface area contributed by atoms with Crippen molar-refractivity contribution in [3.63, 3.8) is 0 Å². The summed E-state index contributed by atoms with van der Waals surface area (Å²) < 4.78 is 0. The first kappa shape index (κ1) is 14.5. The number of nitrogens with one attached hydrogen (secondary N) is 1. The molecule has 1 aliphatic rings. The maximum Gasteiger partial charge on any atom is 0.219 e. The van der Waals surface area contributed by atoms with Crippen LogP contribution in [-0.2, 0) is 4.79 Å². The number of pyridine rings is 2. The van der Waals surface area contributed by atoms with Gasteiger partial charge in [0.15, 0.2) is 0 Å². The molecule has 0 unspecified atom stereocenters. The van der Waals surface area contributed by atoms with E-state index in [2.05, 4.69) is 21.4 Å². The zero-order valence-corrected chi connectivity index (χ0v) is 12.7. The summed E-state index contributed by atoms with van der Waals surface area (Å²) in [4.78, 5) is 22.1. The number of rotatable bonds is 3. The van der Waals surface area contributed by atoms with Crippen molar-refractivity contribution in [1.29, 1.82) is 0 Å². The molecule has 0 radical (unpaired) electrons. The van der Waals surface area contributed by atoms with E-state index in [0.717, 1.165) is 37.6 Å². The van der Waals surface area contributed by atoms with Crippen LogP contribution >= 0.6 is 0 Å². The van der Waals surface area contributed by atoms with Gasteiger partial charge in [-0.05, 0) is 42.7 Å². The van der Waals surface area contributed by atoms with Gasteiger partial charge in [-0.2, -0.15) is 0 Å². The minimum Gasteiger partial charge on any atom is -0.342 e. The van der Waals surface area contributed by atoms with Crippen LogP contribution in [0.3, 0.4) is 0 Å². The van der Waals surface area contributed by atoms with Gasteiger partial charge in [-0.3, -0.25) is 4.79 Å². The van der Waals surface area contributed by atoms with Crippen LogP contribution in [0.15, 0.2) is 42.7 Å². The molecule has 3 rings (SSSR count). The summed E-state index contributed by atoms with van der Waals surface area (Å²) in [6, 6.07) is 9.83. The second-order valence-corrected chi connectivity index (χ2v) is 5.62. The fourth-order valence-electron chi connectivity index (χ4n) is 2.87.